The van der Waals surface area contributed by atoms with Gasteiger partial charge in [0.25, 0.3) is 0 Å². The molecule has 2 rings (SSSR count). The van der Waals surface area contributed by atoms with Crippen LogP contribution in [0.25, 0.3) is 10.9 Å². The second-order valence-electron chi connectivity index (χ2n) is 2.92. The van der Waals surface area contributed by atoms with Gasteiger partial charge in [-0.25, -0.2) is 0 Å². The van der Waals surface area contributed by atoms with E-state index in [-0.39, 0.29) is 0 Å². The van der Waals surface area contributed by atoms with Crippen molar-refractivity contribution < 1.29 is 0 Å². The quantitative estimate of drug-likeness (QED) is 0.733. The molecule has 1 heterocycles. The van der Waals surface area contributed by atoms with E-state index in [9.17, 15) is 0 Å². The van der Waals surface area contributed by atoms with Gasteiger partial charge in [-0.05, 0) is 31.5 Å². The Morgan fingerprint density at radius 1 is 1.33 bits per heavy atom. The number of nitrogens with one attached hydrogen (secondary N) is 1. The Labute approximate surface area is 79.1 Å². The third-order valence-electron chi connectivity index (χ3n) is 2.10. The van der Waals surface area contributed by atoms with Gasteiger partial charge in [0, 0.05) is 15.6 Å². The lowest BCUT2D eigenvalue weighted by molar-refractivity contribution is 1.07. The summed E-state index contributed by atoms with van der Waals surface area (Å²) in [5.74, 6) is 0. The van der Waals surface area contributed by atoms with Crippen molar-refractivity contribution in [3.63, 3.8) is 0 Å². The summed E-state index contributed by atoms with van der Waals surface area (Å²) in [5, 5.41) is 8.37. The van der Waals surface area contributed by atoms with Crippen molar-refractivity contribution in [1.82, 2.24) is 10.2 Å². The highest BCUT2D eigenvalue weighted by Crippen LogP contribution is 2.26. The van der Waals surface area contributed by atoms with Crippen molar-refractivity contribution in [2.45, 2.75) is 13.8 Å². The van der Waals surface area contributed by atoms with Crippen molar-refractivity contribution in [1.29, 1.82) is 0 Å². The van der Waals surface area contributed by atoms with Gasteiger partial charge in [-0.2, -0.15) is 5.10 Å². The second kappa shape index (κ2) is 2.59. The van der Waals surface area contributed by atoms with E-state index in [1.807, 2.05) is 19.1 Å². The number of nitrogens with zero attached hydrogens (tertiary/aromatic N) is 1. The fraction of sp³-hybridized carbons (Fsp3) is 0.222. The summed E-state index contributed by atoms with van der Waals surface area (Å²) >= 11 is 3.49. The molecule has 0 aliphatic heterocycles. The molecular weight excluding hydrogens is 216 g/mol. The SMILES string of the molecule is Cc1[nH]nc2ccc(Br)c(C)c12. The number of aromatic nitrogens is 2. The Morgan fingerprint density at radius 2 is 2.08 bits per heavy atom. The summed E-state index contributed by atoms with van der Waals surface area (Å²) in [7, 11) is 0. The van der Waals surface area contributed by atoms with E-state index >= 15 is 0 Å². The number of benzene rings is 1. The van der Waals surface area contributed by atoms with E-state index in [0.29, 0.717) is 0 Å². The third-order valence-corrected chi connectivity index (χ3v) is 2.96. The van der Waals surface area contributed by atoms with Crippen LogP contribution in [0.5, 0.6) is 0 Å². The van der Waals surface area contributed by atoms with E-state index in [1.54, 1.807) is 0 Å². The predicted molar refractivity (Wildman–Crippen MR) is 53.3 cm³/mol. The highest BCUT2D eigenvalue weighted by Gasteiger charge is 2.05. The minimum absolute atomic E-state index is 1.04. The molecule has 0 bridgehead atoms. The number of rotatable bonds is 0. The molecular formula is C9H9BrN2. The molecule has 62 valence electrons. The smallest absolute Gasteiger partial charge is 0.0927 e. The van der Waals surface area contributed by atoms with Crippen LogP contribution < -0.4 is 0 Å². The highest BCUT2D eigenvalue weighted by molar-refractivity contribution is 9.10. The summed E-state index contributed by atoms with van der Waals surface area (Å²) in [4.78, 5) is 0. The van der Waals surface area contributed by atoms with Crippen LogP contribution in [-0.2, 0) is 0 Å². The number of aromatic amines is 1. The average Bonchev–Trinajstić information content (AvgIpc) is 2.41. The fourth-order valence-electron chi connectivity index (χ4n) is 1.44. The Kier molecular flexibility index (Phi) is 1.68. The normalized spacial score (nSPS) is 10.9. The van der Waals surface area contributed by atoms with E-state index < -0.39 is 0 Å². The molecule has 0 saturated heterocycles. The van der Waals surface area contributed by atoms with Gasteiger partial charge in [-0.1, -0.05) is 15.9 Å². The Balaban J connectivity index is 2.96. The van der Waals surface area contributed by atoms with E-state index in [4.69, 9.17) is 0 Å². The van der Waals surface area contributed by atoms with Gasteiger partial charge in [0.2, 0.25) is 0 Å². The molecule has 0 unspecified atom stereocenters. The lowest BCUT2D eigenvalue weighted by atomic mass is 10.1. The minimum atomic E-state index is 1.04. The molecule has 0 atom stereocenters. The molecule has 0 spiro atoms. The standard InChI is InChI=1S/C9H9BrN2/c1-5-7(10)3-4-8-9(5)6(2)11-12-8/h3-4H,1-2H3,(H,11,12). The van der Waals surface area contributed by atoms with Gasteiger partial charge in [0.05, 0.1) is 5.52 Å². The molecule has 2 nitrogen and oxygen atoms in total. The molecule has 1 N–H and O–H groups in total. The summed E-state index contributed by atoms with van der Waals surface area (Å²) < 4.78 is 1.14. The van der Waals surface area contributed by atoms with Gasteiger partial charge in [-0.15, -0.1) is 0 Å². The molecule has 0 aliphatic carbocycles. The summed E-state index contributed by atoms with van der Waals surface area (Å²) in [6.07, 6.45) is 0. The van der Waals surface area contributed by atoms with E-state index in [2.05, 4.69) is 33.1 Å². The zero-order valence-electron chi connectivity index (χ0n) is 6.98. The number of hydrogen-bond acceptors (Lipinski definition) is 1. The number of aryl methyl sites for hydroxylation is 2. The Bertz CT molecular complexity index is 431. The topological polar surface area (TPSA) is 28.7 Å². The average molecular weight is 225 g/mol. The lowest BCUT2D eigenvalue weighted by Gasteiger charge is -1.98. The van der Waals surface area contributed by atoms with E-state index in [0.717, 1.165) is 15.7 Å². The number of H-pyrrole nitrogens is 1. The van der Waals surface area contributed by atoms with Crippen LogP contribution in [-0.4, -0.2) is 10.2 Å². The van der Waals surface area contributed by atoms with Gasteiger partial charge >= 0.3 is 0 Å². The zero-order valence-corrected chi connectivity index (χ0v) is 8.57. The van der Waals surface area contributed by atoms with Crippen LogP contribution in [0.15, 0.2) is 16.6 Å². The molecule has 0 saturated carbocycles. The van der Waals surface area contributed by atoms with Crippen LogP contribution in [0.4, 0.5) is 0 Å². The van der Waals surface area contributed by atoms with Gasteiger partial charge < -0.3 is 0 Å². The first-order valence-corrected chi connectivity index (χ1v) is 4.59. The van der Waals surface area contributed by atoms with Crippen LogP contribution in [0.1, 0.15) is 11.3 Å². The predicted octanol–water partition coefficient (Wildman–Crippen LogP) is 2.94. The van der Waals surface area contributed by atoms with Crippen LogP contribution in [0.3, 0.4) is 0 Å². The molecule has 0 radical (unpaired) electrons. The molecule has 0 amide bonds. The van der Waals surface area contributed by atoms with Crippen molar-refractivity contribution in [3.05, 3.63) is 27.9 Å². The monoisotopic (exact) mass is 224 g/mol. The third kappa shape index (κ3) is 0.966. The van der Waals surface area contributed by atoms with E-state index in [1.165, 1.54) is 10.9 Å². The highest BCUT2D eigenvalue weighted by atomic mass is 79.9. The van der Waals surface area contributed by atoms with Gasteiger partial charge in [0.15, 0.2) is 0 Å². The van der Waals surface area contributed by atoms with Crippen LogP contribution in [0, 0.1) is 13.8 Å². The second-order valence-corrected chi connectivity index (χ2v) is 3.77. The Hall–Kier alpha value is -0.830. The van der Waals surface area contributed by atoms with Gasteiger partial charge in [0.1, 0.15) is 0 Å². The molecule has 3 heteroatoms. The van der Waals surface area contributed by atoms with Crippen molar-refractivity contribution in [2.75, 3.05) is 0 Å². The molecule has 2 aromatic rings. The Morgan fingerprint density at radius 3 is 2.83 bits per heavy atom. The fourth-order valence-corrected chi connectivity index (χ4v) is 1.77. The maximum absolute atomic E-state index is 4.17. The first-order chi connectivity index (χ1) is 5.70. The summed E-state index contributed by atoms with van der Waals surface area (Å²) in [6, 6.07) is 4.04. The van der Waals surface area contributed by atoms with Crippen molar-refractivity contribution in [2.24, 2.45) is 0 Å². The van der Waals surface area contributed by atoms with Crippen molar-refractivity contribution >= 4 is 26.8 Å². The van der Waals surface area contributed by atoms with Crippen LogP contribution >= 0.6 is 15.9 Å². The maximum Gasteiger partial charge on any atom is 0.0927 e. The summed E-state index contributed by atoms with van der Waals surface area (Å²) in [6.45, 7) is 4.13. The van der Waals surface area contributed by atoms with Crippen LogP contribution in [0.2, 0.25) is 0 Å². The maximum atomic E-state index is 4.17. The number of hydrogen-bond donors (Lipinski definition) is 1. The molecule has 1 aromatic heterocycles. The van der Waals surface area contributed by atoms with Gasteiger partial charge in [-0.3, -0.25) is 5.10 Å². The number of fused-ring (bicyclic) bond motifs is 1. The minimum Gasteiger partial charge on any atom is -0.282 e. The zero-order chi connectivity index (χ0) is 8.72. The largest absolute Gasteiger partial charge is 0.282 e. The first-order valence-electron chi connectivity index (χ1n) is 3.80. The molecule has 0 aliphatic rings. The van der Waals surface area contributed by atoms with Crippen molar-refractivity contribution in [3.8, 4) is 0 Å². The number of halogens is 1. The lowest BCUT2D eigenvalue weighted by Crippen LogP contribution is -1.78. The molecule has 1 aromatic carbocycles. The molecule has 12 heavy (non-hydrogen) atoms. The first kappa shape index (κ1) is 7.80. The molecule has 0 fully saturated rings. The summed E-state index contributed by atoms with van der Waals surface area (Å²) in [5.41, 5.74) is 3.41.